The van der Waals surface area contributed by atoms with Gasteiger partial charge in [-0.2, -0.15) is 0 Å². The highest BCUT2D eigenvalue weighted by Crippen LogP contribution is 2.25. The molecule has 6 nitrogen and oxygen atoms in total. The fourth-order valence-electron chi connectivity index (χ4n) is 3.37. The van der Waals surface area contributed by atoms with Gasteiger partial charge >= 0.3 is 0 Å². The van der Waals surface area contributed by atoms with E-state index in [9.17, 15) is 9.59 Å². The van der Waals surface area contributed by atoms with E-state index < -0.39 is 11.9 Å². The van der Waals surface area contributed by atoms with Gasteiger partial charge in [-0.25, -0.2) is 0 Å². The Morgan fingerprint density at radius 3 is 2.50 bits per heavy atom. The number of carbonyl (C=O) groups excluding carboxylic acids is 1. The Hall–Kier alpha value is -2.96. The SMILES string of the molecule is CCOCCn1c(=O)c(CNC(C)C(N)=O)cc2ccc(-c3ccc(C)cc3)cc21. The molecule has 0 fully saturated rings. The van der Waals surface area contributed by atoms with E-state index in [1.54, 1.807) is 11.5 Å². The number of aromatic nitrogens is 1. The van der Waals surface area contributed by atoms with Gasteiger partial charge in [-0.1, -0.05) is 42.0 Å². The number of pyridine rings is 1. The number of hydrogen-bond donors (Lipinski definition) is 2. The van der Waals surface area contributed by atoms with Crippen LogP contribution in [0.5, 0.6) is 0 Å². The van der Waals surface area contributed by atoms with Crippen LogP contribution in [0.15, 0.2) is 53.3 Å². The van der Waals surface area contributed by atoms with Gasteiger partial charge in [-0.15, -0.1) is 0 Å². The standard InChI is InChI=1S/C24H29N3O3/c1-4-30-12-11-27-22-14-19(18-7-5-16(2)6-8-18)9-10-20(22)13-21(24(27)29)15-26-17(3)23(25)28/h5-10,13-14,17,26H,4,11-12,15H2,1-3H3,(H2,25,28). The van der Waals surface area contributed by atoms with Crippen molar-refractivity contribution in [2.24, 2.45) is 5.73 Å². The second-order valence-electron chi connectivity index (χ2n) is 7.47. The Morgan fingerprint density at radius 1 is 1.13 bits per heavy atom. The second kappa shape index (κ2) is 9.69. The zero-order valence-electron chi connectivity index (χ0n) is 17.8. The highest BCUT2D eigenvalue weighted by atomic mass is 16.5. The lowest BCUT2D eigenvalue weighted by Gasteiger charge is -2.16. The summed E-state index contributed by atoms with van der Waals surface area (Å²) in [7, 11) is 0. The van der Waals surface area contributed by atoms with Crippen LogP contribution in [0.4, 0.5) is 0 Å². The molecule has 3 N–H and O–H groups in total. The molecule has 30 heavy (non-hydrogen) atoms. The van der Waals surface area contributed by atoms with Crippen molar-refractivity contribution >= 4 is 16.8 Å². The van der Waals surface area contributed by atoms with Gasteiger partial charge in [0.15, 0.2) is 0 Å². The largest absolute Gasteiger partial charge is 0.380 e. The van der Waals surface area contributed by atoms with Crippen molar-refractivity contribution in [2.45, 2.75) is 39.9 Å². The van der Waals surface area contributed by atoms with Crippen molar-refractivity contribution < 1.29 is 9.53 Å². The van der Waals surface area contributed by atoms with Crippen molar-refractivity contribution in [1.29, 1.82) is 0 Å². The van der Waals surface area contributed by atoms with Crippen LogP contribution in [-0.4, -0.2) is 29.7 Å². The first-order valence-corrected chi connectivity index (χ1v) is 10.2. The van der Waals surface area contributed by atoms with Gasteiger partial charge in [-0.3, -0.25) is 9.59 Å². The van der Waals surface area contributed by atoms with Gasteiger partial charge in [-0.05, 0) is 49.4 Å². The molecule has 0 spiro atoms. The minimum Gasteiger partial charge on any atom is -0.380 e. The summed E-state index contributed by atoms with van der Waals surface area (Å²) >= 11 is 0. The Labute approximate surface area is 176 Å². The smallest absolute Gasteiger partial charge is 0.255 e. The summed E-state index contributed by atoms with van der Waals surface area (Å²) in [5.74, 6) is -0.449. The van der Waals surface area contributed by atoms with Crippen LogP contribution in [0.1, 0.15) is 25.0 Å². The van der Waals surface area contributed by atoms with E-state index >= 15 is 0 Å². The molecule has 1 heterocycles. The third-order valence-corrected chi connectivity index (χ3v) is 5.24. The predicted molar refractivity (Wildman–Crippen MR) is 120 cm³/mol. The fraction of sp³-hybridized carbons (Fsp3) is 0.333. The van der Waals surface area contributed by atoms with E-state index in [-0.39, 0.29) is 12.1 Å². The zero-order chi connectivity index (χ0) is 21.7. The number of nitrogens with two attached hydrogens (primary N) is 1. The number of ether oxygens (including phenoxy) is 1. The lowest BCUT2D eigenvalue weighted by Crippen LogP contribution is -2.39. The molecule has 158 valence electrons. The van der Waals surface area contributed by atoms with E-state index in [4.69, 9.17) is 10.5 Å². The summed E-state index contributed by atoms with van der Waals surface area (Å²) in [5, 5.41) is 3.99. The highest BCUT2D eigenvalue weighted by Gasteiger charge is 2.13. The van der Waals surface area contributed by atoms with E-state index in [0.717, 1.165) is 22.0 Å². The summed E-state index contributed by atoms with van der Waals surface area (Å²) in [5.41, 5.74) is 10.1. The number of primary amides is 1. The van der Waals surface area contributed by atoms with Gasteiger partial charge in [0.2, 0.25) is 5.91 Å². The lowest BCUT2D eigenvalue weighted by atomic mass is 10.0. The molecule has 3 rings (SSSR count). The number of hydrogen-bond acceptors (Lipinski definition) is 4. The predicted octanol–water partition coefficient (Wildman–Crippen LogP) is 2.98. The number of carbonyl (C=O) groups is 1. The molecule has 0 bridgehead atoms. The third kappa shape index (κ3) is 4.96. The topological polar surface area (TPSA) is 86.3 Å². The molecule has 3 aromatic rings. The van der Waals surface area contributed by atoms with E-state index in [1.165, 1.54) is 5.56 Å². The summed E-state index contributed by atoms with van der Waals surface area (Å²) in [6.45, 7) is 7.46. The Kier molecular flexibility index (Phi) is 7.03. The molecule has 1 atom stereocenters. The first-order valence-electron chi connectivity index (χ1n) is 10.2. The monoisotopic (exact) mass is 407 g/mol. The van der Waals surface area contributed by atoms with Crippen LogP contribution in [0.3, 0.4) is 0 Å². The minimum absolute atomic E-state index is 0.0903. The summed E-state index contributed by atoms with van der Waals surface area (Å²) in [6, 6.07) is 15.8. The first kappa shape index (κ1) is 21.7. The van der Waals surface area contributed by atoms with E-state index in [2.05, 4.69) is 48.6 Å². The molecular formula is C24H29N3O3. The van der Waals surface area contributed by atoms with Crippen molar-refractivity contribution in [3.63, 3.8) is 0 Å². The number of amides is 1. The van der Waals surface area contributed by atoms with Crippen molar-refractivity contribution in [3.05, 3.63) is 70.0 Å². The summed E-state index contributed by atoms with van der Waals surface area (Å²) in [6.07, 6.45) is 0. The first-order chi connectivity index (χ1) is 14.4. The molecule has 1 amide bonds. The maximum absolute atomic E-state index is 13.2. The lowest BCUT2D eigenvalue weighted by molar-refractivity contribution is -0.119. The molecule has 0 aliphatic rings. The zero-order valence-corrected chi connectivity index (χ0v) is 17.8. The van der Waals surface area contributed by atoms with Crippen LogP contribution in [0, 0.1) is 6.92 Å². The van der Waals surface area contributed by atoms with Crippen LogP contribution in [-0.2, 0) is 22.6 Å². The number of nitrogens with zero attached hydrogens (tertiary/aromatic N) is 1. The molecular weight excluding hydrogens is 378 g/mol. The van der Waals surface area contributed by atoms with Crippen molar-refractivity contribution in [2.75, 3.05) is 13.2 Å². The quantitative estimate of drug-likeness (QED) is 0.534. The van der Waals surface area contributed by atoms with E-state index in [1.807, 2.05) is 19.1 Å². The molecule has 6 heteroatoms. The van der Waals surface area contributed by atoms with Crippen LogP contribution >= 0.6 is 0 Å². The number of aryl methyl sites for hydroxylation is 1. The second-order valence-corrected chi connectivity index (χ2v) is 7.47. The van der Waals surface area contributed by atoms with Crippen LogP contribution in [0.2, 0.25) is 0 Å². The number of rotatable bonds is 9. The molecule has 1 unspecified atom stereocenters. The molecule has 0 aliphatic carbocycles. The van der Waals surface area contributed by atoms with Crippen LogP contribution in [0.25, 0.3) is 22.0 Å². The van der Waals surface area contributed by atoms with Crippen molar-refractivity contribution in [3.8, 4) is 11.1 Å². The summed E-state index contributed by atoms with van der Waals surface area (Å²) in [4.78, 5) is 24.5. The summed E-state index contributed by atoms with van der Waals surface area (Å²) < 4.78 is 7.26. The van der Waals surface area contributed by atoms with Gasteiger partial charge in [0, 0.05) is 25.3 Å². The fourth-order valence-corrected chi connectivity index (χ4v) is 3.37. The van der Waals surface area contributed by atoms with Gasteiger partial charge in [0.1, 0.15) is 0 Å². The molecule has 0 saturated carbocycles. The van der Waals surface area contributed by atoms with Gasteiger partial charge < -0.3 is 20.4 Å². The molecule has 0 saturated heterocycles. The molecule has 0 aliphatic heterocycles. The average molecular weight is 408 g/mol. The average Bonchev–Trinajstić information content (AvgIpc) is 2.74. The number of fused-ring (bicyclic) bond motifs is 1. The van der Waals surface area contributed by atoms with Gasteiger partial charge in [0.05, 0.1) is 18.2 Å². The molecule has 0 radical (unpaired) electrons. The maximum atomic E-state index is 13.2. The molecule has 1 aromatic heterocycles. The Balaban J connectivity index is 2.05. The third-order valence-electron chi connectivity index (χ3n) is 5.24. The van der Waals surface area contributed by atoms with Crippen molar-refractivity contribution in [1.82, 2.24) is 9.88 Å². The Morgan fingerprint density at radius 2 is 1.83 bits per heavy atom. The minimum atomic E-state index is -0.513. The van der Waals surface area contributed by atoms with E-state index in [0.29, 0.717) is 25.3 Å². The molecule has 2 aromatic carbocycles. The maximum Gasteiger partial charge on any atom is 0.255 e. The van der Waals surface area contributed by atoms with Gasteiger partial charge in [0.25, 0.3) is 5.56 Å². The Bertz CT molecular complexity index is 1090. The number of benzene rings is 2. The van der Waals surface area contributed by atoms with Crippen LogP contribution < -0.4 is 16.6 Å². The number of nitrogens with one attached hydrogen (secondary N) is 1. The normalized spacial score (nSPS) is 12.2. The highest BCUT2D eigenvalue weighted by molar-refractivity contribution is 5.85.